The van der Waals surface area contributed by atoms with E-state index in [-0.39, 0.29) is 5.28 Å². The second-order valence-electron chi connectivity index (χ2n) is 4.34. The molecule has 94 valence electrons. The van der Waals surface area contributed by atoms with Gasteiger partial charge < -0.3 is 5.32 Å². The lowest BCUT2D eigenvalue weighted by Gasteiger charge is -2.06. The molecular formula is C11H13ClN6. The summed E-state index contributed by atoms with van der Waals surface area (Å²) >= 11 is 5.88. The van der Waals surface area contributed by atoms with E-state index in [0.717, 1.165) is 18.9 Å². The van der Waals surface area contributed by atoms with Crippen molar-refractivity contribution < 1.29 is 0 Å². The van der Waals surface area contributed by atoms with Crippen molar-refractivity contribution in [2.24, 2.45) is 5.92 Å². The van der Waals surface area contributed by atoms with Crippen molar-refractivity contribution in [3.8, 4) is 5.95 Å². The van der Waals surface area contributed by atoms with E-state index in [0.29, 0.717) is 11.9 Å². The molecule has 0 saturated heterocycles. The van der Waals surface area contributed by atoms with Crippen molar-refractivity contribution in [2.45, 2.75) is 19.3 Å². The molecule has 0 radical (unpaired) electrons. The molecule has 0 atom stereocenters. The van der Waals surface area contributed by atoms with Crippen LogP contribution < -0.4 is 5.32 Å². The van der Waals surface area contributed by atoms with Crippen molar-refractivity contribution in [1.82, 2.24) is 24.7 Å². The predicted molar refractivity (Wildman–Crippen MR) is 67.8 cm³/mol. The Morgan fingerprint density at radius 2 is 2.22 bits per heavy atom. The molecule has 1 fully saturated rings. The van der Waals surface area contributed by atoms with Gasteiger partial charge in [-0.15, -0.1) is 0 Å². The maximum absolute atomic E-state index is 5.88. The Balaban J connectivity index is 1.72. The molecule has 1 aliphatic carbocycles. The first-order valence-corrected chi connectivity index (χ1v) is 6.34. The van der Waals surface area contributed by atoms with Crippen LogP contribution >= 0.6 is 11.6 Å². The number of aromatic nitrogens is 5. The quantitative estimate of drug-likeness (QED) is 0.894. The SMILES string of the molecule is Clc1nc(NCCC2CC2)nc(-n2cccn2)n1. The van der Waals surface area contributed by atoms with Crippen molar-refractivity contribution in [1.29, 1.82) is 0 Å². The number of nitrogens with zero attached hydrogens (tertiary/aromatic N) is 5. The van der Waals surface area contributed by atoms with Gasteiger partial charge in [-0.05, 0) is 30.0 Å². The molecule has 2 heterocycles. The second-order valence-corrected chi connectivity index (χ2v) is 4.68. The third-order valence-electron chi connectivity index (χ3n) is 2.84. The number of nitrogens with one attached hydrogen (secondary N) is 1. The van der Waals surface area contributed by atoms with Crippen LogP contribution in [-0.2, 0) is 0 Å². The van der Waals surface area contributed by atoms with Gasteiger partial charge in [-0.3, -0.25) is 0 Å². The fourth-order valence-corrected chi connectivity index (χ4v) is 1.86. The van der Waals surface area contributed by atoms with E-state index < -0.39 is 0 Å². The smallest absolute Gasteiger partial charge is 0.256 e. The monoisotopic (exact) mass is 264 g/mol. The van der Waals surface area contributed by atoms with E-state index >= 15 is 0 Å². The topological polar surface area (TPSA) is 68.5 Å². The lowest BCUT2D eigenvalue weighted by Crippen LogP contribution is -2.10. The highest BCUT2D eigenvalue weighted by Crippen LogP contribution is 2.31. The molecule has 0 aromatic carbocycles. The summed E-state index contributed by atoms with van der Waals surface area (Å²) in [7, 11) is 0. The van der Waals surface area contributed by atoms with Crippen molar-refractivity contribution in [3.05, 3.63) is 23.7 Å². The summed E-state index contributed by atoms with van der Waals surface area (Å²) in [5.41, 5.74) is 0. The molecule has 3 rings (SSSR count). The van der Waals surface area contributed by atoms with Gasteiger partial charge in [0.05, 0.1) is 0 Å². The summed E-state index contributed by atoms with van der Waals surface area (Å²) < 4.78 is 1.56. The molecule has 7 heteroatoms. The average Bonchev–Trinajstić information content (AvgIpc) is 3.01. The zero-order valence-corrected chi connectivity index (χ0v) is 10.5. The number of halogens is 1. The second kappa shape index (κ2) is 4.89. The molecule has 18 heavy (non-hydrogen) atoms. The van der Waals surface area contributed by atoms with E-state index in [2.05, 4.69) is 25.4 Å². The Morgan fingerprint density at radius 3 is 2.94 bits per heavy atom. The van der Waals surface area contributed by atoms with Gasteiger partial charge in [0.1, 0.15) is 0 Å². The standard InChI is InChI=1S/C11H13ClN6/c12-9-15-10(13-6-4-8-2-3-8)17-11(16-9)18-7-1-5-14-18/h1,5,7-8H,2-4,6H2,(H,13,15,16,17). The maximum atomic E-state index is 5.88. The summed E-state index contributed by atoms with van der Waals surface area (Å²) in [6, 6.07) is 1.80. The zero-order valence-electron chi connectivity index (χ0n) is 9.75. The van der Waals surface area contributed by atoms with Crippen LogP contribution in [0, 0.1) is 5.92 Å². The summed E-state index contributed by atoms with van der Waals surface area (Å²) in [4.78, 5) is 12.4. The highest BCUT2D eigenvalue weighted by Gasteiger charge is 2.20. The molecule has 1 N–H and O–H groups in total. The van der Waals surface area contributed by atoms with Crippen LogP contribution in [0.15, 0.2) is 18.5 Å². The molecule has 0 amide bonds. The van der Waals surface area contributed by atoms with Gasteiger partial charge in [0, 0.05) is 18.9 Å². The van der Waals surface area contributed by atoms with Crippen molar-refractivity contribution in [3.63, 3.8) is 0 Å². The van der Waals surface area contributed by atoms with Gasteiger partial charge in [-0.1, -0.05) is 12.8 Å². The van der Waals surface area contributed by atoms with Crippen LogP contribution in [0.3, 0.4) is 0 Å². The van der Waals surface area contributed by atoms with Gasteiger partial charge in [-0.2, -0.15) is 20.1 Å². The lowest BCUT2D eigenvalue weighted by atomic mass is 10.3. The molecule has 2 aromatic rings. The Bertz CT molecular complexity index is 522. The van der Waals surface area contributed by atoms with E-state index in [1.54, 1.807) is 23.1 Å². The average molecular weight is 265 g/mol. The minimum Gasteiger partial charge on any atom is -0.354 e. The molecule has 2 aromatic heterocycles. The first-order chi connectivity index (χ1) is 8.81. The van der Waals surface area contributed by atoms with E-state index in [4.69, 9.17) is 11.6 Å². The minimum atomic E-state index is 0.171. The number of rotatable bonds is 5. The predicted octanol–water partition coefficient (Wildman–Crippen LogP) is 1.92. The highest BCUT2D eigenvalue weighted by atomic mass is 35.5. The highest BCUT2D eigenvalue weighted by molar-refractivity contribution is 6.28. The van der Waals surface area contributed by atoms with E-state index in [1.807, 2.05) is 0 Å². The van der Waals surface area contributed by atoms with Crippen LogP contribution in [-0.4, -0.2) is 31.3 Å². The molecule has 0 aliphatic heterocycles. The molecule has 1 aliphatic rings. The minimum absolute atomic E-state index is 0.171. The Labute approximate surface area is 109 Å². The van der Waals surface area contributed by atoms with Gasteiger partial charge in [0.15, 0.2) is 0 Å². The zero-order chi connectivity index (χ0) is 12.4. The molecule has 6 nitrogen and oxygen atoms in total. The van der Waals surface area contributed by atoms with Crippen LogP contribution in [0.1, 0.15) is 19.3 Å². The third-order valence-corrected chi connectivity index (χ3v) is 3.01. The summed E-state index contributed by atoms with van der Waals surface area (Å²) in [6.07, 6.45) is 7.27. The van der Waals surface area contributed by atoms with E-state index in [1.165, 1.54) is 12.8 Å². The number of hydrogen-bond acceptors (Lipinski definition) is 5. The summed E-state index contributed by atoms with van der Waals surface area (Å²) in [6.45, 7) is 0.865. The number of hydrogen-bond donors (Lipinski definition) is 1. The first kappa shape index (κ1) is 11.4. The van der Waals surface area contributed by atoms with Crippen LogP contribution in [0.2, 0.25) is 5.28 Å². The summed E-state index contributed by atoms with van der Waals surface area (Å²) in [5.74, 6) is 1.80. The molecule has 1 saturated carbocycles. The molecule has 0 bridgehead atoms. The van der Waals surface area contributed by atoms with Crippen LogP contribution in [0.25, 0.3) is 5.95 Å². The first-order valence-electron chi connectivity index (χ1n) is 5.97. The van der Waals surface area contributed by atoms with Gasteiger partial charge in [0.2, 0.25) is 11.2 Å². The summed E-state index contributed by atoms with van der Waals surface area (Å²) in [5, 5.41) is 7.41. The van der Waals surface area contributed by atoms with Crippen molar-refractivity contribution >= 4 is 17.5 Å². The Morgan fingerprint density at radius 1 is 1.33 bits per heavy atom. The van der Waals surface area contributed by atoms with Gasteiger partial charge in [0.25, 0.3) is 5.95 Å². The number of anilines is 1. The third kappa shape index (κ3) is 2.76. The molecule has 0 unspecified atom stereocenters. The fourth-order valence-electron chi connectivity index (χ4n) is 1.70. The largest absolute Gasteiger partial charge is 0.354 e. The van der Waals surface area contributed by atoms with Gasteiger partial charge in [-0.25, -0.2) is 4.68 Å². The van der Waals surface area contributed by atoms with E-state index in [9.17, 15) is 0 Å². The normalized spacial score (nSPS) is 14.7. The van der Waals surface area contributed by atoms with Crippen LogP contribution in [0.4, 0.5) is 5.95 Å². The maximum Gasteiger partial charge on any atom is 0.256 e. The molecular weight excluding hydrogens is 252 g/mol. The molecule has 0 spiro atoms. The van der Waals surface area contributed by atoms with Gasteiger partial charge >= 0.3 is 0 Å². The lowest BCUT2D eigenvalue weighted by molar-refractivity contribution is 0.748. The van der Waals surface area contributed by atoms with Crippen molar-refractivity contribution in [2.75, 3.05) is 11.9 Å². The Hall–Kier alpha value is -1.69. The Kier molecular flexibility index (Phi) is 3.10. The van der Waals surface area contributed by atoms with Crippen LogP contribution in [0.5, 0.6) is 0 Å². The fraction of sp³-hybridized carbons (Fsp3) is 0.455.